The Kier molecular flexibility index (Phi) is 5.94. The molecule has 0 unspecified atom stereocenters. The first-order valence-electron chi connectivity index (χ1n) is 8.47. The molecule has 8 heteroatoms. The monoisotopic (exact) mass is 399 g/mol. The maximum atomic E-state index is 12.9. The summed E-state index contributed by atoms with van der Waals surface area (Å²) in [5.74, 6) is -0.820. The van der Waals surface area contributed by atoms with Crippen LogP contribution in [0.25, 0.3) is 0 Å². The van der Waals surface area contributed by atoms with Gasteiger partial charge in [0.25, 0.3) is 0 Å². The van der Waals surface area contributed by atoms with Gasteiger partial charge in [-0.2, -0.15) is 15.8 Å². The first-order chi connectivity index (χ1) is 14.1. The fourth-order valence-corrected chi connectivity index (χ4v) is 3.83. The Bertz CT molecular complexity index is 1090. The molecule has 1 aliphatic rings. The number of nitriles is 3. The van der Waals surface area contributed by atoms with Gasteiger partial charge < -0.3 is 5.32 Å². The zero-order chi connectivity index (χ0) is 20.8. The fourth-order valence-electron chi connectivity index (χ4n) is 2.72. The van der Waals surface area contributed by atoms with Crippen LogP contribution in [-0.4, -0.2) is 17.1 Å². The predicted molar refractivity (Wildman–Crippen MR) is 108 cm³/mol. The smallest absolute Gasteiger partial charge is 0.247 e. The SMILES string of the molecule is N#CC(C#N)=C(Nc1ccccc1)S[C@H]1CC(=O)N(c2ccc(C#N)cc2)C1=O. The second-order valence-electron chi connectivity index (χ2n) is 5.96. The molecule has 2 aromatic rings. The quantitative estimate of drug-likeness (QED) is 0.605. The molecule has 1 fully saturated rings. The summed E-state index contributed by atoms with van der Waals surface area (Å²) < 4.78 is 0. The number of nitrogens with zero attached hydrogens (tertiary/aromatic N) is 4. The molecule has 2 amide bonds. The van der Waals surface area contributed by atoms with Crippen LogP contribution in [0.2, 0.25) is 0 Å². The summed E-state index contributed by atoms with van der Waals surface area (Å²) in [5, 5.41) is 29.9. The second-order valence-corrected chi connectivity index (χ2v) is 7.17. The van der Waals surface area contributed by atoms with Crippen LogP contribution in [0.1, 0.15) is 12.0 Å². The maximum Gasteiger partial charge on any atom is 0.247 e. The largest absolute Gasteiger partial charge is 0.349 e. The highest BCUT2D eigenvalue weighted by atomic mass is 32.2. The van der Waals surface area contributed by atoms with Crippen molar-refractivity contribution >= 4 is 35.0 Å². The Morgan fingerprint density at radius 3 is 2.24 bits per heavy atom. The van der Waals surface area contributed by atoms with Crippen LogP contribution >= 0.6 is 11.8 Å². The fraction of sp³-hybridized carbons (Fsp3) is 0.0952. The molecule has 1 heterocycles. The summed E-state index contributed by atoms with van der Waals surface area (Å²) in [6, 6.07) is 20.7. The summed E-state index contributed by atoms with van der Waals surface area (Å²) in [4.78, 5) is 26.4. The summed E-state index contributed by atoms with van der Waals surface area (Å²) in [5.41, 5.74) is 1.28. The summed E-state index contributed by atoms with van der Waals surface area (Å²) in [6.45, 7) is 0. The number of thioether (sulfide) groups is 1. The van der Waals surface area contributed by atoms with Crippen LogP contribution in [0.3, 0.4) is 0 Å². The maximum absolute atomic E-state index is 12.9. The first kappa shape index (κ1) is 19.7. The van der Waals surface area contributed by atoms with Gasteiger partial charge in [0, 0.05) is 12.1 Å². The number of benzene rings is 2. The van der Waals surface area contributed by atoms with Gasteiger partial charge in [-0.15, -0.1) is 0 Å². The minimum Gasteiger partial charge on any atom is -0.349 e. The Hall–Kier alpha value is -4.06. The van der Waals surface area contributed by atoms with Gasteiger partial charge >= 0.3 is 0 Å². The molecule has 140 valence electrons. The standard InChI is InChI=1S/C21H13N5O2S/c22-11-14-6-8-17(9-7-14)26-19(27)10-18(21(26)28)29-20(15(12-23)13-24)25-16-4-2-1-3-5-16/h1-9,18,25H,10H2/t18-/m0/s1. The third-order valence-corrected chi connectivity index (χ3v) is 5.30. The first-order valence-corrected chi connectivity index (χ1v) is 9.35. The molecule has 1 saturated heterocycles. The van der Waals surface area contributed by atoms with E-state index in [4.69, 9.17) is 5.26 Å². The summed E-state index contributed by atoms with van der Waals surface area (Å²) >= 11 is 0.981. The number of anilines is 2. The van der Waals surface area contributed by atoms with Gasteiger partial charge in [-0.25, -0.2) is 4.90 Å². The lowest BCUT2D eigenvalue weighted by Crippen LogP contribution is -2.31. The molecule has 2 aromatic carbocycles. The van der Waals surface area contributed by atoms with E-state index in [0.717, 1.165) is 16.7 Å². The lowest BCUT2D eigenvalue weighted by molar-refractivity contribution is -0.121. The van der Waals surface area contributed by atoms with Crippen molar-refractivity contribution in [3.05, 3.63) is 70.8 Å². The lowest BCUT2D eigenvalue weighted by atomic mass is 10.2. The summed E-state index contributed by atoms with van der Waals surface area (Å²) in [6.07, 6.45) is -0.0619. The minimum absolute atomic E-state index is 0.0619. The van der Waals surface area contributed by atoms with E-state index >= 15 is 0 Å². The van der Waals surface area contributed by atoms with Crippen molar-refractivity contribution in [2.75, 3.05) is 10.2 Å². The number of imide groups is 1. The molecule has 0 radical (unpaired) electrons. The Balaban J connectivity index is 1.85. The number of para-hydroxylation sites is 1. The number of carbonyl (C=O) groups excluding carboxylic acids is 2. The van der Waals surface area contributed by atoms with Gasteiger partial charge in [0.05, 0.1) is 22.6 Å². The van der Waals surface area contributed by atoms with E-state index in [0.29, 0.717) is 16.9 Å². The number of hydrogen-bond acceptors (Lipinski definition) is 7. The summed E-state index contributed by atoms with van der Waals surface area (Å²) in [7, 11) is 0. The molecule has 0 bridgehead atoms. The average molecular weight is 399 g/mol. The van der Waals surface area contributed by atoms with Gasteiger partial charge in [0.1, 0.15) is 17.2 Å². The van der Waals surface area contributed by atoms with Crippen molar-refractivity contribution in [3.8, 4) is 18.2 Å². The molecule has 0 spiro atoms. The molecule has 0 aromatic heterocycles. The van der Waals surface area contributed by atoms with E-state index in [2.05, 4.69) is 5.32 Å². The molecule has 0 aliphatic carbocycles. The Morgan fingerprint density at radius 2 is 1.66 bits per heavy atom. The third kappa shape index (κ3) is 4.27. The molecular weight excluding hydrogens is 386 g/mol. The minimum atomic E-state index is -0.777. The van der Waals surface area contributed by atoms with Gasteiger partial charge in [0.2, 0.25) is 11.8 Å². The topological polar surface area (TPSA) is 121 Å². The molecule has 7 nitrogen and oxygen atoms in total. The number of allylic oxidation sites excluding steroid dienone is 1. The van der Waals surface area contributed by atoms with E-state index in [-0.39, 0.29) is 22.9 Å². The van der Waals surface area contributed by atoms with Crippen LogP contribution in [0.15, 0.2) is 65.2 Å². The van der Waals surface area contributed by atoms with Gasteiger partial charge in [-0.1, -0.05) is 30.0 Å². The molecule has 1 aliphatic heterocycles. The van der Waals surface area contributed by atoms with Gasteiger partial charge in [-0.05, 0) is 36.4 Å². The number of hydrogen-bond donors (Lipinski definition) is 1. The number of amides is 2. The van der Waals surface area contributed by atoms with E-state index in [9.17, 15) is 20.1 Å². The van der Waals surface area contributed by atoms with E-state index < -0.39 is 11.2 Å². The van der Waals surface area contributed by atoms with Crippen molar-refractivity contribution in [2.45, 2.75) is 11.7 Å². The van der Waals surface area contributed by atoms with Crippen LogP contribution < -0.4 is 10.2 Å². The van der Waals surface area contributed by atoms with Crippen LogP contribution in [0, 0.1) is 34.0 Å². The van der Waals surface area contributed by atoms with Crippen LogP contribution in [-0.2, 0) is 9.59 Å². The predicted octanol–water partition coefficient (Wildman–Crippen LogP) is 3.29. The number of rotatable bonds is 5. The van der Waals surface area contributed by atoms with Crippen molar-refractivity contribution in [1.29, 1.82) is 15.8 Å². The molecule has 3 rings (SSSR count). The average Bonchev–Trinajstić information content (AvgIpc) is 3.02. The van der Waals surface area contributed by atoms with Crippen molar-refractivity contribution in [1.82, 2.24) is 0 Å². The zero-order valence-corrected chi connectivity index (χ0v) is 15.8. The van der Waals surface area contributed by atoms with Crippen molar-refractivity contribution in [3.63, 3.8) is 0 Å². The molecule has 0 saturated carbocycles. The Labute approximate surface area is 171 Å². The normalized spacial score (nSPS) is 15.2. The van der Waals surface area contributed by atoms with Gasteiger partial charge in [0.15, 0.2) is 5.57 Å². The highest BCUT2D eigenvalue weighted by molar-refractivity contribution is 8.04. The Morgan fingerprint density at radius 1 is 1.00 bits per heavy atom. The van der Waals surface area contributed by atoms with Crippen LogP contribution in [0.4, 0.5) is 11.4 Å². The van der Waals surface area contributed by atoms with Crippen molar-refractivity contribution < 1.29 is 9.59 Å². The van der Waals surface area contributed by atoms with E-state index in [1.165, 1.54) is 24.3 Å². The number of carbonyl (C=O) groups is 2. The molecule has 1 N–H and O–H groups in total. The second kappa shape index (κ2) is 8.75. The van der Waals surface area contributed by atoms with Gasteiger partial charge in [-0.3, -0.25) is 9.59 Å². The highest BCUT2D eigenvalue weighted by Crippen LogP contribution is 2.35. The number of nitrogens with one attached hydrogen (secondary N) is 1. The third-order valence-electron chi connectivity index (χ3n) is 4.10. The van der Waals surface area contributed by atoms with E-state index in [1.54, 1.807) is 24.3 Å². The van der Waals surface area contributed by atoms with Crippen LogP contribution in [0.5, 0.6) is 0 Å². The zero-order valence-electron chi connectivity index (χ0n) is 15.0. The molecule has 1 atom stereocenters. The highest BCUT2D eigenvalue weighted by Gasteiger charge is 2.41. The van der Waals surface area contributed by atoms with Crippen molar-refractivity contribution in [2.24, 2.45) is 0 Å². The van der Waals surface area contributed by atoms with E-state index in [1.807, 2.05) is 24.3 Å². The molecular formula is C21H13N5O2S. The lowest BCUT2D eigenvalue weighted by Gasteiger charge is -2.16. The molecule has 29 heavy (non-hydrogen) atoms.